The third-order valence-electron chi connectivity index (χ3n) is 4.30. The van der Waals surface area contributed by atoms with E-state index >= 15 is 0 Å². The molecule has 0 saturated carbocycles. The number of benzene rings is 2. The number of amidine groups is 1. The second kappa shape index (κ2) is 7.09. The Morgan fingerprint density at radius 3 is 2.14 bits per heavy atom. The predicted molar refractivity (Wildman–Crippen MR) is 103 cm³/mol. The maximum Gasteiger partial charge on any atom is 0.440 e. The van der Waals surface area contributed by atoms with Crippen LogP contribution in [-0.4, -0.2) is 50.3 Å². The van der Waals surface area contributed by atoms with Gasteiger partial charge in [-0.3, -0.25) is 0 Å². The highest BCUT2D eigenvalue weighted by molar-refractivity contribution is 7.98. The van der Waals surface area contributed by atoms with Crippen molar-refractivity contribution < 1.29 is 26.7 Å². The fourth-order valence-electron chi connectivity index (χ4n) is 2.77. The van der Waals surface area contributed by atoms with Crippen LogP contribution in [-0.2, 0) is 9.84 Å². The summed E-state index contributed by atoms with van der Waals surface area (Å²) in [7, 11) is -3.44. The zero-order chi connectivity index (χ0) is 20.7. The van der Waals surface area contributed by atoms with Gasteiger partial charge < -0.3 is 10.0 Å². The minimum absolute atomic E-state index is 0.0421. The Morgan fingerprint density at radius 2 is 1.68 bits per heavy atom. The van der Waals surface area contributed by atoms with E-state index in [0.29, 0.717) is 11.3 Å². The molecule has 1 aliphatic rings. The lowest BCUT2D eigenvalue weighted by Gasteiger charge is -2.25. The van der Waals surface area contributed by atoms with Crippen molar-refractivity contribution in [3.8, 4) is 0 Å². The minimum atomic E-state index is -4.96. The smallest absolute Gasteiger partial charge is 0.361 e. The van der Waals surface area contributed by atoms with Gasteiger partial charge in [0.05, 0.1) is 11.4 Å². The number of aliphatic hydroxyl groups is 1. The molecule has 0 aliphatic carbocycles. The molecule has 3 rings (SSSR count). The Hall–Kier alpha value is -2.04. The third-order valence-corrected chi connectivity index (χ3v) is 6.18. The van der Waals surface area contributed by atoms with E-state index in [1.165, 1.54) is 40.9 Å². The largest absolute Gasteiger partial charge is 0.440 e. The maximum atomic E-state index is 13.4. The normalized spacial score (nSPS) is 20.4. The number of anilines is 1. The second-order valence-electron chi connectivity index (χ2n) is 6.33. The highest BCUT2D eigenvalue weighted by Crippen LogP contribution is 2.39. The first kappa shape index (κ1) is 20.7. The standard InChI is InChI=1S/C18H17F3N2O3S2/c1-27-14-7-3-12(4-8-14)16-22-17(24,18(19,20)21)11-23(16)13-5-9-15(10-6-13)28(2,25)26/h3-10,24H,11H2,1-2H3. The van der Waals surface area contributed by atoms with Crippen molar-refractivity contribution in [1.29, 1.82) is 0 Å². The average Bonchev–Trinajstić information content (AvgIpc) is 3.00. The fourth-order valence-corrected chi connectivity index (χ4v) is 3.81. The first-order valence-electron chi connectivity index (χ1n) is 8.06. The van der Waals surface area contributed by atoms with Gasteiger partial charge in [-0.25, -0.2) is 13.4 Å². The maximum absolute atomic E-state index is 13.4. The summed E-state index contributed by atoms with van der Waals surface area (Å²) in [5.41, 5.74) is -2.55. The Bertz CT molecular complexity index is 1000. The van der Waals surface area contributed by atoms with Crippen molar-refractivity contribution in [2.24, 2.45) is 4.99 Å². The van der Waals surface area contributed by atoms with Crippen molar-refractivity contribution >= 4 is 33.1 Å². The lowest BCUT2D eigenvalue weighted by atomic mass is 10.1. The number of hydrogen-bond acceptors (Lipinski definition) is 6. The van der Waals surface area contributed by atoms with Gasteiger partial charge in [0.25, 0.3) is 5.72 Å². The summed E-state index contributed by atoms with van der Waals surface area (Å²) < 4.78 is 63.4. The van der Waals surface area contributed by atoms with Gasteiger partial charge in [0.15, 0.2) is 9.84 Å². The topological polar surface area (TPSA) is 70.0 Å². The van der Waals surface area contributed by atoms with Crippen LogP contribution in [0.15, 0.2) is 63.3 Å². The quantitative estimate of drug-likeness (QED) is 0.754. The van der Waals surface area contributed by atoms with Gasteiger partial charge in [-0.05, 0) is 42.7 Å². The summed E-state index contributed by atoms with van der Waals surface area (Å²) >= 11 is 1.49. The van der Waals surface area contributed by atoms with E-state index in [0.717, 1.165) is 11.2 Å². The lowest BCUT2D eigenvalue weighted by Crippen LogP contribution is -2.47. The number of alkyl halides is 3. The summed E-state index contributed by atoms with van der Waals surface area (Å²) in [4.78, 5) is 5.80. The number of hydrogen-bond donors (Lipinski definition) is 1. The summed E-state index contributed by atoms with van der Waals surface area (Å²) in [5, 5.41) is 10.1. The van der Waals surface area contributed by atoms with Crippen LogP contribution in [0.2, 0.25) is 0 Å². The first-order chi connectivity index (χ1) is 12.9. The van der Waals surface area contributed by atoms with Gasteiger partial charge in [-0.1, -0.05) is 12.1 Å². The predicted octanol–water partition coefficient (Wildman–Crippen LogP) is 3.33. The summed E-state index contributed by atoms with van der Waals surface area (Å²) in [6.45, 7) is -0.825. The highest BCUT2D eigenvalue weighted by Gasteiger charge is 2.58. The summed E-state index contributed by atoms with van der Waals surface area (Å²) in [6, 6.07) is 12.2. The van der Waals surface area contributed by atoms with Crippen LogP contribution < -0.4 is 4.90 Å². The molecule has 1 unspecified atom stereocenters. The fraction of sp³-hybridized carbons (Fsp3) is 0.278. The molecular formula is C18H17F3N2O3S2. The van der Waals surface area contributed by atoms with Crippen molar-refractivity contribution in [3.05, 3.63) is 54.1 Å². The molecule has 0 aromatic heterocycles. The van der Waals surface area contributed by atoms with Gasteiger partial charge in [-0.15, -0.1) is 11.8 Å². The van der Waals surface area contributed by atoms with Gasteiger partial charge >= 0.3 is 6.18 Å². The molecule has 0 amide bonds. The zero-order valence-electron chi connectivity index (χ0n) is 14.9. The van der Waals surface area contributed by atoms with E-state index in [9.17, 15) is 26.7 Å². The number of thioether (sulfide) groups is 1. The van der Waals surface area contributed by atoms with E-state index in [4.69, 9.17) is 0 Å². The number of nitrogens with zero attached hydrogens (tertiary/aromatic N) is 2. The lowest BCUT2D eigenvalue weighted by molar-refractivity contribution is -0.249. The average molecular weight is 430 g/mol. The van der Waals surface area contributed by atoms with E-state index in [1.807, 2.05) is 6.26 Å². The van der Waals surface area contributed by atoms with Gasteiger partial charge in [-0.2, -0.15) is 13.2 Å². The first-order valence-corrected chi connectivity index (χ1v) is 11.2. The van der Waals surface area contributed by atoms with Crippen molar-refractivity contribution in [1.82, 2.24) is 0 Å². The van der Waals surface area contributed by atoms with E-state index in [1.54, 1.807) is 24.3 Å². The SMILES string of the molecule is CSc1ccc(C2=NC(O)(C(F)(F)F)CN2c2ccc(S(C)(=O)=O)cc2)cc1. The monoisotopic (exact) mass is 430 g/mol. The van der Waals surface area contributed by atoms with Crippen molar-refractivity contribution in [2.45, 2.75) is 21.7 Å². The van der Waals surface area contributed by atoms with Gasteiger partial charge in [0.1, 0.15) is 5.84 Å². The minimum Gasteiger partial charge on any atom is -0.361 e. The zero-order valence-corrected chi connectivity index (χ0v) is 16.6. The third kappa shape index (κ3) is 3.89. The van der Waals surface area contributed by atoms with Crippen molar-refractivity contribution in [3.63, 3.8) is 0 Å². The van der Waals surface area contributed by atoms with Crippen LogP contribution >= 0.6 is 11.8 Å². The van der Waals surface area contributed by atoms with Crippen LogP contribution in [0.5, 0.6) is 0 Å². The Balaban J connectivity index is 2.06. The number of halogens is 3. The molecule has 10 heteroatoms. The molecule has 28 heavy (non-hydrogen) atoms. The molecule has 150 valence electrons. The second-order valence-corrected chi connectivity index (χ2v) is 9.23. The number of β-amino-alcohol motifs (C(OH)–C–C–N with tert-alkyl or cyclic N) is 1. The molecule has 0 saturated heterocycles. The van der Waals surface area contributed by atoms with Crippen LogP contribution in [0.3, 0.4) is 0 Å². The van der Waals surface area contributed by atoms with Crippen LogP contribution in [0.25, 0.3) is 0 Å². The van der Waals surface area contributed by atoms with E-state index in [-0.39, 0.29) is 10.7 Å². The number of rotatable bonds is 4. The molecule has 5 nitrogen and oxygen atoms in total. The van der Waals surface area contributed by atoms with Crippen LogP contribution in [0.4, 0.5) is 18.9 Å². The molecule has 0 bridgehead atoms. The number of sulfone groups is 1. The molecule has 1 atom stereocenters. The molecular weight excluding hydrogens is 413 g/mol. The Morgan fingerprint density at radius 1 is 1.11 bits per heavy atom. The Kier molecular flexibility index (Phi) is 5.24. The summed E-state index contributed by atoms with van der Waals surface area (Å²) in [6.07, 6.45) is -2.04. The van der Waals surface area contributed by atoms with E-state index in [2.05, 4.69) is 4.99 Å². The molecule has 2 aromatic carbocycles. The summed E-state index contributed by atoms with van der Waals surface area (Å²) in [5.74, 6) is -0.0421. The van der Waals surface area contributed by atoms with E-state index < -0.39 is 28.3 Å². The molecule has 1 heterocycles. The molecule has 0 spiro atoms. The van der Waals surface area contributed by atoms with Crippen LogP contribution in [0.1, 0.15) is 5.56 Å². The molecule has 1 N–H and O–H groups in total. The van der Waals surface area contributed by atoms with Crippen LogP contribution in [0, 0.1) is 0 Å². The highest BCUT2D eigenvalue weighted by atomic mass is 32.2. The van der Waals surface area contributed by atoms with Gasteiger partial charge in [0, 0.05) is 22.4 Å². The molecule has 1 aliphatic heterocycles. The molecule has 2 aromatic rings. The molecule has 0 radical (unpaired) electrons. The van der Waals surface area contributed by atoms with Crippen molar-refractivity contribution in [2.75, 3.05) is 24.0 Å². The molecule has 0 fully saturated rings. The number of aliphatic imine (C=N–C) groups is 1. The van der Waals surface area contributed by atoms with Gasteiger partial charge in [0.2, 0.25) is 0 Å². The Labute approximate surface area is 164 Å².